The fourth-order valence-corrected chi connectivity index (χ4v) is 4.50. The zero-order valence-corrected chi connectivity index (χ0v) is 20.7. The molecule has 0 spiro atoms. The van der Waals surface area contributed by atoms with Gasteiger partial charge in [-0.15, -0.1) is 11.3 Å². The third-order valence-electron chi connectivity index (χ3n) is 5.52. The third kappa shape index (κ3) is 5.97. The molecule has 0 unspecified atom stereocenters. The molecule has 2 aromatic carbocycles. The average molecular weight is 479 g/mol. The molecule has 6 nitrogen and oxygen atoms in total. The number of rotatable bonds is 9. The quantitative estimate of drug-likeness (QED) is 0.384. The van der Waals surface area contributed by atoms with Gasteiger partial charge in [-0.1, -0.05) is 12.1 Å². The van der Waals surface area contributed by atoms with Crippen LogP contribution in [0.2, 0.25) is 0 Å². The zero-order valence-electron chi connectivity index (χ0n) is 19.9. The van der Waals surface area contributed by atoms with E-state index in [9.17, 15) is 4.79 Å². The van der Waals surface area contributed by atoms with E-state index in [2.05, 4.69) is 11.1 Å². The summed E-state index contributed by atoms with van der Waals surface area (Å²) in [5.74, 6) is 2.25. The van der Waals surface area contributed by atoms with Gasteiger partial charge in [0.15, 0.2) is 11.5 Å². The summed E-state index contributed by atoms with van der Waals surface area (Å²) in [7, 11) is 0. The largest absolute Gasteiger partial charge is 0.490 e. The summed E-state index contributed by atoms with van der Waals surface area (Å²) >= 11 is 1.61. The van der Waals surface area contributed by atoms with E-state index in [0.29, 0.717) is 32.9 Å². The molecule has 0 N–H and O–H groups in total. The fraction of sp³-hybridized carbons (Fsp3) is 0.333. The van der Waals surface area contributed by atoms with E-state index in [1.165, 1.54) is 5.56 Å². The summed E-state index contributed by atoms with van der Waals surface area (Å²) in [5.41, 5.74) is 4.15. The van der Waals surface area contributed by atoms with Crippen molar-refractivity contribution in [3.63, 3.8) is 0 Å². The molecule has 0 bridgehead atoms. The molecular formula is C27H30N2O4S. The van der Waals surface area contributed by atoms with Crippen molar-refractivity contribution >= 4 is 23.3 Å². The maximum Gasteiger partial charge on any atom is 0.246 e. The first kappa shape index (κ1) is 23.8. The summed E-state index contributed by atoms with van der Waals surface area (Å²) in [6.45, 7) is 8.71. The number of ether oxygens (including phenoxy) is 3. The van der Waals surface area contributed by atoms with Gasteiger partial charge in [0.2, 0.25) is 5.91 Å². The van der Waals surface area contributed by atoms with Crippen LogP contribution in [0.5, 0.6) is 17.2 Å². The van der Waals surface area contributed by atoms with Crippen LogP contribution in [0, 0.1) is 6.92 Å². The van der Waals surface area contributed by atoms with Crippen LogP contribution in [-0.2, 0) is 24.4 Å². The second-order valence-electron chi connectivity index (χ2n) is 8.00. The number of nitrogens with zero attached hydrogens (tertiary/aromatic N) is 2. The first-order chi connectivity index (χ1) is 16.6. The van der Waals surface area contributed by atoms with Crippen molar-refractivity contribution in [2.45, 2.75) is 40.3 Å². The van der Waals surface area contributed by atoms with Crippen molar-refractivity contribution in [2.24, 2.45) is 0 Å². The van der Waals surface area contributed by atoms with E-state index in [0.717, 1.165) is 45.5 Å². The van der Waals surface area contributed by atoms with Crippen molar-refractivity contribution in [2.75, 3.05) is 19.8 Å². The smallest absolute Gasteiger partial charge is 0.246 e. The molecule has 0 radical (unpaired) electrons. The number of carbonyl (C=O) groups excluding carboxylic acids is 1. The number of aromatic nitrogens is 1. The Hall–Kier alpha value is -3.32. The molecule has 1 aromatic heterocycles. The molecule has 4 rings (SSSR count). The van der Waals surface area contributed by atoms with E-state index in [1.54, 1.807) is 17.4 Å². The molecule has 0 saturated heterocycles. The Labute approximate surface area is 204 Å². The molecule has 2 heterocycles. The van der Waals surface area contributed by atoms with E-state index in [1.807, 2.05) is 67.5 Å². The molecule has 1 aliphatic rings. The summed E-state index contributed by atoms with van der Waals surface area (Å²) in [6, 6.07) is 11.8. The van der Waals surface area contributed by atoms with Crippen molar-refractivity contribution < 1.29 is 19.0 Å². The van der Waals surface area contributed by atoms with Crippen LogP contribution in [0.1, 0.15) is 41.2 Å². The Bertz CT molecular complexity index is 1170. The minimum absolute atomic E-state index is 0.0123. The first-order valence-corrected chi connectivity index (χ1v) is 12.5. The molecule has 178 valence electrons. The third-order valence-corrected chi connectivity index (χ3v) is 6.34. The summed E-state index contributed by atoms with van der Waals surface area (Å²) < 4.78 is 17.4. The Kier molecular flexibility index (Phi) is 7.85. The van der Waals surface area contributed by atoms with Gasteiger partial charge in [-0.25, -0.2) is 4.98 Å². The highest BCUT2D eigenvalue weighted by Gasteiger charge is 2.22. The molecule has 0 saturated carbocycles. The van der Waals surface area contributed by atoms with Gasteiger partial charge in [-0.05, 0) is 74.2 Å². The van der Waals surface area contributed by atoms with Crippen molar-refractivity contribution in [3.05, 3.63) is 75.2 Å². The van der Waals surface area contributed by atoms with Gasteiger partial charge in [0.25, 0.3) is 0 Å². The lowest BCUT2D eigenvalue weighted by Gasteiger charge is -2.29. The SMILES string of the molecule is CCOc1cc2c(cc1OCC)CN(C(=O)/C=C/c1cccc(OCc3csc(C)n3)c1)CC2. The lowest BCUT2D eigenvalue weighted by atomic mass is 9.98. The number of thiazole rings is 1. The highest BCUT2D eigenvalue weighted by atomic mass is 32.1. The number of carbonyl (C=O) groups is 1. The van der Waals surface area contributed by atoms with Crippen LogP contribution in [0.25, 0.3) is 6.08 Å². The summed E-state index contributed by atoms with van der Waals surface area (Å²) in [5, 5.41) is 3.03. The Morgan fingerprint density at radius 1 is 1.09 bits per heavy atom. The summed E-state index contributed by atoms with van der Waals surface area (Å²) in [6.07, 6.45) is 4.26. The zero-order chi connectivity index (χ0) is 23.9. The Morgan fingerprint density at radius 2 is 1.85 bits per heavy atom. The topological polar surface area (TPSA) is 60.9 Å². The van der Waals surface area contributed by atoms with Gasteiger partial charge in [0, 0.05) is 24.5 Å². The van der Waals surface area contributed by atoms with Crippen LogP contribution >= 0.6 is 11.3 Å². The maximum absolute atomic E-state index is 12.9. The molecule has 34 heavy (non-hydrogen) atoms. The van der Waals surface area contributed by atoms with Crippen LogP contribution in [0.3, 0.4) is 0 Å². The monoisotopic (exact) mass is 478 g/mol. The van der Waals surface area contributed by atoms with Crippen molar-refractivity contribution in [3.8, 4) is 17.2 Å². The fourth-order valence-electron chi connectivity index (χ4n) is 3.90. The first-order valence-electron chi connectivity index (χ1n) is 11.6. The van der Waals surface area contributed by atoms with Gasteiger partial charge in [0.05, 0.1) is 23.9 Å². The van der Waals surface area contributed by atoms with Crippen LogP contribution in [0.15, 0.2) is 47.9 Å². The second-order valence-corrected chi connectivity index (χ2v) is 9.06. The van der Waals surface area contributed by atoms with Gasteiger partial charge in [-0.3, -0.25) is 4.79 Å². The Morgan fingerprint density at radius 3 is 2.56 bits per heavy atom. The molecular weight excluding hydrogens is 448 g/mol. The van der Waals surface area contributed by atoms with Gasteiger partial charge in [0.1, 0.15) is 12.4 Å². The van der Waals surface area contributed by atoms with Crippen LogP contribution in [0.4, 0.5) is 0 Å². The molecule has 1 amide bonds. The van der Waals surface area contributed by atoms with Gasteiger partial charge in [-0.2, -0.15) is 0 Å². The van der Waals surface area contributed by atoms with Crippen molar-refractivity contribution in [1.29, 1.82) is 0 Å². The number of hydrogen-bond acceptors (Lipinski definition) is 6. The minimum atomic E-state index is -0.0123. The Balaban J connectivity index is 1.39. The number of fused-ring (bicyclic) bond motifs is 1. The standard InChI is InChI=1S/C27H30N2O4S/c1-4-31-25-14-21-11-12-29(16-22(21)15-26(25)32-5-2)27(30)10-9-20-7-6-8-24(13-20)33-17-23-18-34-19(3)28-23/h6-10,13-15,18H,4-5,11-12,16-17H2,1-3H3/b10-9+. The predicted molar refractivity (Wildman–Crippen MR) is 135 cm³/mol. The number of amides is 1. The molecule has 1 aliphatic heterocycles. The highest BCUT2D eigenvalue weighted by Crippen LogP contribution is 2.34. The molecule has 0 atom stereocenters. The lowest BCUT2D eigenvalue weighted by Crippen LogP contribution is -2.34. The maximum atomic E-state index is 12.9. The van der Waals surface area contributed by atoms with Crippen LogP contribution < -0.4 is 14.2 Å². The highest BCUT2D eigenvalue weighted by molar-refractivity contribution is 7.09. The normalized spacial score (nSPS) is 13.1. The molecule has 0 fully saturated rings. The van der Waals surface area contributed by atoms with Crippen LogP contribution in [-0.4, -0.2) is 35.5 Å². The number of hydrogen-bond donors (Lipinski definition) is 0. The molecule has 7 heteroatoms. The molecule has 0 aliphatic carbocycles. The van der Waals surface area contributed by atoms with E-state index in [4.69, 9.17) is 14.2 Å². The van der Waals surface area contributed by atoms with E-state index in [-0.39, 0.29) is 5.91 Å². The van der Waals surface area contributed by atoms with E-state index >= 15 is 0 Å². The number of benzene rings is 2. The predicted octanol–water partition coefficient (Wildman–Crippen LogP) is 5.43. The molecule has 3 aromatic rings. The average Bonchev–Trinajstić information content (AvgIpc) is 3.27. The summed E-state index contributed by atoms with van der Waals surface area (Å²) in [4.78, 5) is 19.2. The second kappa shape index (κ2) is 11.2. The minimum Gasteiger partial charge on any atom is -0.490 e. The van der Waals surface area contributed by atoms with E-state index < -0.39 is 0 Å². The van der Waals surface area contributed by atoms with Gasteiger partial charge >= 0.3 is 0 Å². The number of aryl methyl sites for hydroxylation is 1. The van der Waals surface area contributed by atoms with Gasteiger partial charge < -0.3 is 19.1 Å². The lowest BCUT2D eigenvalue weighted by molar-refractivity contribution is -0.126. The van der Waals surface area contributed by atoms with Crippen molar-refractivity contribution in [1.82, 2.24) is 9.88 Å².